The highest BCUT2D eigenvalue weighted by molar-refractivity contribution is 7.38. The SMILES string of the molecule is C=C1OB(c2ccc3c(P)c(P)c4ccc(-c5ccc6c(P)c(P)c7ccc(-c8ccc9c(P)c(P)c%10ccc(B%11OC(=C)C(C)(C)O%11)cc%10c9c8)cc7c6c5)cc4c3c2)OC1=C. The minimum absolute atomic E-state index is 0.462. The molecule has 11 rings (SSSR count). The van der Waals surface area contributed by atoms with Gasteiger partial charge in [-0.05, 0) is 162 Å². The smallest absolute Gasteiger partial charge is 0.534 e. The summed E-state index contributed by atoms with van der Waals surface area (Å²) in [6, 6.07) is 40.3. The summed E-state index contributed by atoms with van der Waals surface area (Å²) in [5.74, 6) is 1.56. The summed E-state index contributed by atoms with van der Waals surface area (Å²) in [4.78, 5) is 0. The van der Waals surface area contributed by atoms with Crippen molar-refractivity contribution in [3.8, 4) is 22.3 Å². The molecule has 0 amide bonds. The predicted molar refractivity (Wildman–Crippen MR) is 295 cm³/mol. The standard InChI is InChI=1S/C51H42B2O4P6/c1-24-25(2)55-52(54-24)31-10-16-37-43(22-31)41-20-29(8-14-35(41)47(60)49(37)62)27-6-12-33-39(18-27)40-19-28(7-13-34(40)46(59)45(33)58)30-9-15-36-42(21-30)44-23-32(11-17-38(44)50(63)48(36)61)53-56-26(3)51(4,5)57-53/h6-23H,1-3,58-63H2,4-5H3. The van der Waals surface area contributed by atoms with Gasteiger partial charge in [0.25, 0.3) is 0 Å². The molecule has 0 bridgehead atoms. The maximum atomic E-state index is 6.31. The average molecular weight is 926 g/mol. The van der Waals surface area contributed by atoms with Crippen LogP contribution >= 0.6 is 55.4 Å². The molecule has 9 aromatic carbocycles. The predicted octanol–water partition coefficient (Wildman–Crippen LogP) is 8.75. The van der Waals surface area contributed by atoms with Gasteiger partial charge in [0, 0.05) is 5.46 Å². The van der Waals surface area contributed by atoms with E-state index in [0.29, 0.717) is 17.3 Å². The molecule has 12 heteroatoms. The van der Waals surface area contributed by atoms with Gasteiger partial charge in [-0.3, -0.25) is 0 Å². The quantitative estimate of drug-likeness (QED) is 0.101. The van der Waals surface area contributed by atoms with E-state index in [2.05, 4.69) is 184 Å². The lowest BCUT2D eigenvalue weighted by molar-refractivity contribution is 0.173. The van der Waals surface area contributed by atoms with Crippen LogP contribution in [0.4, 0.5) is 0 Å². The monoisotopic (exact) mass is 926 g/mol. The van der Waals surface area contributed by atoms with Gasteiger partial charge in [0.05, 0.1) is 5.76 Å². The molecule has 306 valence electrons. The first-order chi connectivity index (χ1) is 30.2. The van der Waals surface area contributed by atoms with Gasteiger partial charge >= 0.3 is 14.2 Å². The average Bonchev–Trinajstić information content (AvgIpc) is 3.79. The molecule has 0 aliphatic carbocycles. The van der Waals surface area contributed by atoms with E-state index in [0.717, 1.165) is 70.6 Å². The first-order valence-electron chi connectivity index (χ1n) is 20.6. The topological polar surface area (TPSA) is 36.9 Å². The van der Waals surface area contributed by atoms with Crippen molar-refractivity contribution in [2.75, 3.05) is 0 Å². The lowest BCUT2D eigenvalue weighted by Gasteiger charge is -2.17. The Kier molecular flexibility index (Phi) is 10.0. The number of fused-ring (bicyclic) bond motifs is 9. The van der Waals surface area contributed by atoms with E-state index >= 15 is 0 Å². The van der Waals surface area contributed by atoms with E-state index in [4.69, 9.17) is 18.6 Å². The van der Waals surface area contributed by atoms with Crippen LogP contribution in [0, 0.1) is 0 Å². The summed E-state index contributed by atoms with van der Waals surface area (Å²) in [6.07, 6.45) is 0. The van der Waals surface area contributed by atoms with Crippen molar-refractivity contribution >= 4 is 177 Å². The molecule has 0 aromatic heterocycles. The number of hydrogen-bond acceptors (Lipinski definition) is 4. The first-order valence-corrected chi connectivity index (χ1v) is 24.0. The fourth-order valence-corrected chi connectivity index (χ4v) is 11.7. The van der Waals surface area contributed by atoms with Gasteiger partial charge in [0.2, 0.25) is 0 Å². The summed E-state index contributed by atoms with van der Waals surface area (Å²) in [6.45, 7) is 16.0. The molecular formula is C51H42B2O4P6. The minimum Gasteiger partial charge on any atom is -0.534 e. The van der Waals surface area contributed by atoms with Crippen LogP contribution < -0.4 is 42.8 Å². The van der Waals surface area contributed by atoms with Crippen molar-refractivity contribution in [1.82, 2.24) is 0 Å². The summed E-state index contributed by atoms with van der Waals surface area (Å²) < 4.78 is 24.3. The molecule has 0 saturated carbocycles. The second kappa shape index (κ2) is 15.2. The highest BCUT2D eigenvalue weighted by atomic mass is 31.0. The van der Waals surface area contributed by atoms with E-state index < -0.39 is 19.8 Å². The molecule has 2 aliphatic rings. The zero-order valence-electron chi connectivity index (χ0n) is 34.8. The Morgan fingerprint density at radius 2 is 0.651 bits per heavy atom. The van der Waals surface area contributed by atoms with E-state index in [1.807, 2.05) is 13.8 Å². The van der Waals surface area contributed by atoms with Crippen molar-refractivity contribution in [2.24, 2.45) is 0 Å². The van der Waals surface area contributed by atoms with Crippen molar-refractivity contribution in [1.29, 1.82) is 0 Å². The molecule has 0 radical (unpaired) electrons. The maximum absolute atomic E-state index is 6.31. The van der Waals surface area contributed by atoms with Gasteiger partial charge in [-0.1, -0.05) is 105 Å². The van der Waals surface area contributed by atoms with Crippen molar-refractivity contribution in [3.05, 3.63) is 146 Å². The van der Waals surface area contributed by atoms with Gasteiger partial charge in [-0.15, -0.1) is 55.4 Å². The Morgan fingerprint density at radius 3 is 0.952 bits per heavy atom. The minimum atomic E-state index is -0.577. The zero-order chi connectivity index (χ0) is 43.8. The summed E-state index contributed by atoms with van der Waals surface area (Å²) in [5.41, 5.74) is 5.91. The Hall–Kier alpha value is -4.17. The Balaban J connectivity index is 1.06. The number of benzene rings is 9. The van der Waals surface area contributed by atoms with Crippen LogP contribution in [0.25, 0.3) is 86.9 Å². The molecule has 2 aliphatic heterocycles. The third-order valence-corrected chi connectivity index (χ3v) is 17.7. The second-order valence-electron chi connectivity index (χ2n) is 17.0. The van der Waals surface area contributed by atoms with Crippen LogP contribution in [0.1, 0.15) is 13.8 Å². The van der Waals surface area contributed by atoms with E-state index in [1.54, 1.807) is 0 Å². The van der Waals surface area contributed by atoms with Gasteiger partial charge < -0.3 is 18.6 Å². The van der Waals surface area contributed by atoms with E-state index in [1.165, 1.54) is 59.0 Å². The van der Waals surface area contributed by atoms with Gasteiger partial charge in [-0.25, -0.2) is 0 Å². The molecule has 2 heterocycles. The molecule has 4 nitrogen and oxygen atoms in total. The van der Waals surface area contributed by atoms with Crippen molar-refractivity contribution < 1.29 is 18.6 Å². The van der Waals surface area contributed by atoms with Crippen molar-refractivity contribution in [3.63, 3.8) is 0 Å². The Bertz CT molecular complexity index is 3590. The normalized spacial score (nSPS) is 15.1. The second-order valence-corrected chi connectivity index (χ2v) is 20.5. The third-order valence-electron chi connectivity index (χ3n) is 13.0. The molecule has 2 fully saturated rings. The maximum Gasteiger partial charge on any atom is 0.632 e. The van der Waals surface area contributed by atoms with Gasteiger partial charge in [0.1, 0.15) is 17.1 Å². The largest absolute Gasteiger partial charge is 0.632 e. The van der Waals surface area contributed by atoms with Crippen LogP contribution in [0.2, 0.25) is 0 Å². The highest BCUT2D eigenvalue weighted by Crippen LogP contribution is 2.37. The molecule has 63 heavy (non-hydrogen) atoms. The Labute approximate surface area is 381 Å². The molecule has 0 spiro atoms. The van der Waals surface area contributed by atoms with E-state index in [-0.39, 0.29) is 0 Å². The fourth-order valence-electron chi connectivity index (χ4n) is 9.24. The molecular weight excluding hydrogens is 884 g/mol. The van der Waals surface area contributed by atoms with Crippen LogP contribution in [0.3, 0.4) is 0 Å². The fraction of sp³-hybridized carbons (Fsp3) is 0.0588. The first kappa shape index (κ1) is 41.5. The molecule has 6 atom stereocenters. The molecule has 9 aromatic rings. The van der Waals surface area contributed by atoms with Crippen LogP contribution in [-0.2, 0) is 18.6 Å². The highest BCUT2D eigenvalue weighted by Gasteiger charge is 2.43. The van der Waals surface area contributed by atoms with Crippen LogP contribution in [0.15, 0.2) is 146 Å². The summed E-state index contributed by atoms with van der Waals surface area (Å²) in [7, 11) is 16.8. The van der Waals surface area contributed by atoms with Crippen molar-refractivity contribution in [2.45, 2.75) is 19.4 Å². The van der Waals surface area contributed by atoms with Gasteiger partial charge in [0.15, 0.2) is 0 Å². The number of rotatable bonds is 4. The number of hydrogen-bond donors (Lipinski definition) is 0. The lowest BCUT2D eigenvalue weighted by Crippen LogP contribution is -2.34. The summed E-state index contributed by atoms with van der Waals surface area (Å²) in [5, 5.41) is 21.1. The molecule has 2 saturated heterocycles. The van der Waals surface area contributed by atoms with Crippen LogP contribution in [0.5, 0.6) is 0 Å². The van der Waals surface area contributed by atoms with Crippen LogP contribution in [-0.4, -0.2) is 19.8 Å². The van der Waals surface area contributed by atoms with Gasteiger partial charge in [-0.2, -0.15) is 0 Å². The molecule has 0 N–H and O–H groups in total. The van der Waals surface area contributed by atoms with E-state index in [9.17, 15) is 0 Å². The Morgan fingerprint density at radius 1 is 0.365 bits per heavy atom. The third kappa shape index (κ3) is 6.63. The summed E-state index contributed by atoms with van der Waals surface area (Å²) >= 11 is 0. The zero-order valence-corrected chi connectivity index (χ0v) is 41.7. The molecule has 6 unspecified atom stereocenters. The lowest BCUT2D eigenvalue weighted by atomic mass is 9.78.